The predicted octanol–water partition coefficient (Wildman–Crippen LogP) is 0.679. The first kappa shape index (κ1) is 13.7. The van der Waals surface area contributed by atoms with E-state index >= 15 is 0 Å². The second-order valence-corrected chi connectivity index (χ2v) is 4.18. The Kier molecular flexibility index (Phi) is 3.51. The molecule has 0 aliphatic heterocycles. The zero-order chi connectivity index (χ0) is 14.9. The van der Waals surface area contributed by atoms with Crippen molar-refractivity contribution in [3.8, 4) is 5.88 Å². The summed E-state index contributed by atoms with van der Waals surface area (Å²) in [7, 11) is 2.64. The normalized spacial score (nSPS) is 11.2. The molecule has 0 bridgehead atoms. The topological polar surface area (TPSA) is 76.6 Å². The highest BCUT2D eigenvalue weighted by Gasteiger charge is 2.12. The number of aliphatic imine (C=N–C) groups is 1. The highest BCUT2D eigenvalue weighted by atomic mass is 19.1. The molecule has 7 heteroatoms. The predicted molar refractivity (Wildman–Crippen MR) is 72.2 cm³/mol. The fraction of sp³-hybridized carbons (Fsp3) is 0.154. The molecule has 0 saturated carbocycles. The molecule has 0 saturated heterocycles. The van der Waals surface area contributed by atoms with Gasteiger partial charge in [-0.25, -0.2) is 9.18 Å². The molecular weight excluding hydrogens is 265 g/mol. The molecule has 0 amide bonds. The van der Waals surface area contributed by atoms with Crippen LogP contribution >= 0.6 is 0 Å². The standard InChI is InChI=1S/C13H12FN3O3/c1-16-11(18)10(12(19)17(2)13(16)20)7-15-9-5-3-8(14)4-6-9/h3-7,18H,1-2H3. The summed E-state index contributed by atoms with van der Waals surface area (Å²) in [6.45, 7) is 0. The molecule has 0 aliphatic carbocycles. The summed E-state index contributed by atoms with van der Waals surface area (Å²) in [6, 6.07) is 5.31. The van der Waals surface area contributed by atoms with Gasteiger partial charge in [0.25, 0.3) is 5.56 Å². The summed E-state index contributed by atoms with van der Waals surface area (Å²) in [6.07, 6.45) is 1.14. The third-order valence-electron chi connectivity index (χ3n) is 2.84. The fourth-order valence-corrected chi connectivity index (χ4v) is 1.64. The number of aromatic nitrogens is 2. The van der Waals surface area contributed by atoms with Gasteiger partial charge in [0, 0.05) is 20.3 Å². The number of nitrogens with zero attached hydrogens (tertiary/aromatic N) is 3. The highest BCUT2D eigenvalue weighted by Crippen LogP contribution is 2.13. The Hall–Kier alpha value is -2.70. The maximum Gasteiger partial charge on any atom is 0.333 e. The Bertz CT molecular complexity index is 788. The van der Waals surface area contributed by atoms with Crippen molar-refractivity contribution in [2.24, 2.45) is 19.1 Å². The van der Waals surface area contributed by atoms with E-state index in [1.165, 1.54) is 38.4 Å². The lowest BCUT2D eigenvalue weighted by Gasteiger charge is -2.06. The Morgan fingerprint density at radius 2 is 1.75 bits per heavy atom. The van der Waals surface area contributed by atoms with E-state index in [1.54, 1.807) is 0 Å². The molecule has 0 atom stereocenters. The third-order valence-corrected chi connectivity index (χ3v) is 2.84. The van der Waals surface area contributed by atoms with E-state index in [-0.39, 0.29) is 5.56 Å². The Labute approximate surface area is 113 Å². The Balaban J connectivity index is 2.52. The number of aromatic hydroxyl groups is 1. The van der Waals surface area contributed by atoms with Crippen LogP contribution in [0.4, 0.5) is 10.1 Å². The molecule has 1 aromatic heterocycles. The van der Waals surface area contributed by atoms with Gasteiger partial charge in [0.2, 0.25) is 5.88 Å². The zero-order valence-electron chi connectivity index (χ0n) is 10.9. The van der Waals surface area contributed by atoms with Crippen LogP contribution in [0.1, 0.15) is 5.56 Å². The van der Waals surface area contributed by atoms with E-state index in [0.717, 1.165) is 15.3 Å². The van der Waals surface area contributed by atoms with Gasteiger partial charge < -0.3 is 5.11 Å². The lowest BCUT2D eigenvalue weighted by Crippen LogP contribution is -2.38. The molecule has 1 heterocycles. The average Bonchev–Trinajstić information content (AvgIpc) is 2.45. The van der Waals surface area contributed by atoms with Gasteiger partial charge in [0.05, 0.1) is 5.69 Å². The molecule has 6 nitrogen and oxygen atoms in total. The van der Waals surface area contributed by atoms with Gasteiger partial charge in [-0.1, -0.05) is 0 Å². The molecule has 0 fully saturated rings. The summed E-state index contributed by atoms with van der Waals surface area (Å²) >= 11 is 0. The highest BCUT2D eigenvalue weighted by molar-refractivity contribution is 5.84. The lowest BCUT2D eigenvalue weighted by atomic mass is 10.3. The third kappa shape index (κ3) is 2.37. The van der Waals surface area contributed by atoms with E-state index in [1.807, 2.05) is 0 Å². The van der Waals surface area contributed by atoms with Gasteiger partial charge in [0.1, 0.15) is 11.4 Å². The molecule has 1 N–H and O–H groups in total. The van der Waals surface area contributed by atoms with Gasteiger partial charge in [-0.05, 0) is 24.3 Å². The van der Waals surface area contributed by atoms with Crippen LogP contribution < -0.4 is 11.2 Å². The van der Waals surface area contributed by atoms with Crippen molar-refractivity contribution in [3.05, 3.63) is 56.5 Å². The SMILES string of the molecule is Cn1c(O)c(C=Nc2ccc(F)cc2)c(=O)n(C)c1=O. The summed E-state index contributed by atoms with van der Waals surface area (Å²) < 4.78 is 14.5. The van der Waals surface area contributed by atoms with Gasteiger partial charge in [-0.3, -0.25) is 18.9 Å². The van der Waals surface area contributed by atoms with Crippen molar-refractivity contribution in [2.75, 3.05) is 0 Å². The first-order valence-electron chi connectivity index (χ1n) is 5.70. The first-order chi connectivity index (χ1) is 9.41. The van der Waals surface area contributed by atoms with E-state index in [9.17, 15) is 19.1 Å². The number of rotatable bonds is 2. The molecule has 0 radical (unpaired) electrons. The van der Waals surface area contributed by atoms with Crippen molar-refractivity contribution in [1.82, 2.24) is 9.13 Å². The first-order valence-corrected chi connectivity index (χ1v) is 5.70. The minimum Gasteiger partial charge on any atom is -0.494 e. The van der Waals surface area contributed by atoms with Crippen LogP contribution in [0.2, 0.25) is 0 Å². The minimum absolute atomic E-state index is 0.112. The number of hydrogen-bond donors (Lipinski definition) is 1. The van der Waals surface area contributed by atoms with Gasteiger partial charge in [-0.2, -0.15) is 0 Å². The zero-order valence-corrected chi connectivity index (χ0v) is 10.9. The quantitative estimate of drug-likeness (QED) is 0.820. The van der Waals surface area contributed by atoms with Crippen LogP contribution in [0.25, 0.3) is 0 Å². The van der Waals surface area contributed by atoms with Crippen LogP contribution in [-0.2, 0) is 14.1 Å². The summed E-state index contributed by atoms with van der Waals surface area (Å²) in [5, 5.41) is 9.80. The van der Waals surface area contributed by atoms with Gasteiger partial charge in [0.15, 0.2) is 0 Å². The van der Waals surface area contributed by atoms with Crippen LogP contribution in [0.3, 0.4) is 0 Å². The van der Waals surface area contributed by atoms with Crippen LogP contribution in [0, 0.1) is 5.82 Å². The fourth-order valence-electron chi connectivity index (χ4n) is 1.64. The summed E-state index contributed by atoms with van der Waals surface area (Å²) in [5.41, 5.74) is -0.983. The van der Waals surface area contributed by atoms with E-state index in [2.05, 4.69) is 4.99 Å². The minimum atomic E-state index is -0.656. The Morgan fingerprint density at radius 3 is 2.35 bits per heavy atom. The average molecular weight is 277 g/mol. The van der Waals surface area contributed by atoms with Crippen molar-refractivity contribution < 1.29 is 9.50 Å². The summed E-state index contributed by atoms with van der Waals surface area (Å²) in [4.78, 5) is 27.4. The molecule has 1 aromatic carbocycles. The molecule has 0 unspecified atom stereocenters. The second kappa shape index (κ2) is 5.12. The van der Waals surface area contributed by atoms with E-state index < -0.39 is 22.9 Å². The van der Waals surface area contributed by atoms with Crippen molar-refractivity contribution in [1.29, 1.82) is 0 Å². The molecule has 2 rings (SSSR count). The summed E-state index contributed by atoms with van der Waals surface area (Å²) in [5.74, 6) is -0.867. The number of benzene rings is 1. The van der Waals surface area contributed by atoms with Crippen LogP contribution in [-0.4, -0.2) is 20.5 Å². The molecule has 2 aromatic rings. The van der Waals surface area contributed by atoms with Crippen molar-refractivity contribution in [3.63, 3.8) is 0 Å². The lowest BCUT2D eigenvalue weighted by molar-refractivity contribution is 0.410. The number of hydrogen-bond acceptors (Lipinski definition) is 4. The maximum atomic E-state index is 12.7. The van der Waals surface area contributed by atoms with E-state index in [0.29, 0.717) is 5.69 Å². The van der Waals surface area contributed by atoms with Crippen LogP contribution in [0.15, 0.2) is 38.8 Å². The van der Waals surface area contributed by atoms with Crippen LogP contribution in [0.5, 0.6) is 5.88 Å². The van der Waals surface area contributed by atoms with Crippen molar-refractivity contribution >= 4 is 11.9 Å². The monoisotopic (exact) mass is 277 g/mol. The Morgan fingerprint density at radius 1 is 1.15 bits per heavy atom. The molecule has 20 heavy (non-hydrogen) atoms. The molecule has 0 aliphatic rings. The second-order valence-electron chi connectivity index (χ2n) is 4.18. The smallest absolute Gasteiger partial charge is 0.333 e. The largest absolute Gasteiger partial charge is 0.494 e. The van der Waals surface area contributed by atoms with Gasteiger partial charge >= 0.3 is 5.69 Å². The number of halogens is 1. The van der Waals surface area contributed by atoms with Crippen molar-refractivity contribution in [2.45, 2.75) is 0 Å². The molecule has 0 spiro atoms. The molecular formula is C13H12FN3O3. The maximum absolute atomic E-state index is 12.7. The molecule has 104 valence electrons. The van der Waals surface area contributed by atoms with E-state index in [4.69, 9.17) is 0 Å². The van der Waals surface area contributed by atoms with Gasteiger partial charge in [-0.15, -0.1) is 0 Å².